The molecule has 3 heteroatoms. The van der Waals surface area contributed by atoms with Crippen LogP contribution < -0.4 is 28.1 Å². The van der Waals surface area contributed by atoms with E-state index >= 15 is 0 Å². The average Bonchev–Trinajstić information content (AvgIpc) is 3.24. The quantitative estimate of drug-likeness (QED) is 0.467. The number of hydrogen-bond acceptors (Lipinski definition) is 0. The van der Waals surface area contributed by atoms with Gasteiger partial charge in [0.15, 0.2) is 0 Å². The molecule has 2 aliphatic rings. The fourth-order valence-corrected chi connectivity index (χ4v) is 14.7. The van der Waals surface area contributed by atoms with Crippen LogP contribution in [-0.2, 0) is 27.7 Å². The van der Waals surface area contributed by atoms with Crippen LogP contribution >= 0.6 is 0 Å². The van der Waals surface area contributed by atoms with Crippen LogP contribution in [0.4, 0.5) is 0 Å². The molecule has 0 heterocycles. The summed E-state index contributed by atoms with van der Waals surface area (Å²) >= 11 is -2.24. The smallest absolute Gasteiger partial charge is 1.00 e. The normalized spacial score (nSPS) is 14.0. The van der Waals surface area contributed by atoms with Crippen molar-refractivity contribution in [1.82, 2.24) is 0 Å². The second-order valence-electron chi connectivity index (χ2n) is 10.2. The van der Waals surface area contributed by atoms with Crippen molar-refractivity contribution in [3.63, 3.8) is 0 Å². The van der Waals surface area contributed by atoms with Gasteiger partial charge in [0, 0.05) is 0 Å². The Morgan fingerprint density at radius 2 is 1.43 bits per heavy atom. The van der Waals surface area contributed by atoms with Gasteiger partial charge in [-0.3, -0.25) is 0 Å². The van der Waals surface area contributed by atoms with Gasteiger partial charge < -0.3 is 24.8 Å². The van der Waals surface area contributed by atoms with Gasteiger partial charge in [-0.25, -0.2) is 0 Å². The van der Waals surface area contributed by atoms with Crippen molar-refractivity contribution in [2.24, 2.45) is 10.8 Å². The molecule has 2 aromatic carbocycles. The largest absolute Gasteiger partial charge is 1.00 e. The van der Waals surface area contributed by atoms with E-state index in [9.17, 15) is 0 Å². The van der Waals surface area contributed by atoms with Crippen LogP contribution in [0.15, 0.2) is 64.0 Å². The molecule has 0 unspecified atom stereocenters. The Kier molecular flexibility index (Phi) is 7.99. The van der Waals surface area contributed by atoms with Crippen molar-refractivity contribution in [2.45, 2.75) is 54.4 Å². The van der Waals surface area contributed by atoms with E-state index in [1.54, 1.807) is 12.1 Å². The molecule has 0 aliphatic heterocycles. The van der Waals surface area contributed by atoms with Gasteiger partial charge in [-0.15, -0.1) is 0 Å². The molecule has 0 atom stereocenters. The summed E-state index contributed by atoms with van der Waals surface area (Å²) in [6, 6.07) is 16.2. The zero-order valence-corrected chi connectivity index (χ0v) is 22.9. The first kappa shape index (κ1) is 25.5. The van der Waals surface area contributed by atoms with Crippen molar-refractivity contribution < 1.29 is 46.1 Å². The van der Waals surface area contributed by atoms with E-state index in [2.05, 4.69) is 102 Å². The summed E-state index contributed by atoms with van der Waals surface area (Å²) in [5, 5.41) is 0. The third-order valence-electron chi connectivity index (χ3n) is 5.96. The minimum atomic E-state index is -2.24. The molecule has 0 spiro atoms. The molecule has 158 valence electrons. The Morgan fingerprint density at radius 1 is 0.800 bits per heavy atom. The molecule has 0 radical (unpaired) electrons. The SMILES string of the molecule is CC(C)(C)[C](=[Zr+2]([C]1=CC=CC1)[c]1cccc2c1Cc1ccccc1-2)C(C)(C)C.[Cl-].[Cl-]. The summed E-state index contributed by atoms with van der Waals surface area (Å²) in [5.74, 6) is 0. The Hall–Kier alpha value is -0.747. The molecule has 30 heavy (non-hydrogen) atoms. The molecule has 0 amide bonds. The van der Waals surface area contributed by atoms with E-state index in [0.29, 0.717) is 0 Å². The fraction of sp³-hybridized carbons (Fsp3) is 0.370. The summed E-state index contributed by atoms with van der Waals surface area (Å²) in [5.41, 5.74) is 6.51. The third-order valence-corrected chi connectivity index (χ3v) is 15.8. The first-order valence-corrected chi connectivity index (χ1v) is 14.2. The van der Waals surface area contributed by atoms with E-state index < -0.39 is 21.3 Å². The van der Waals surface area contributed by atoms with Crippen LogP contribution in [0, 0.1) is 10.8 Å². The van der Waals surface area contributed by atoms with Gasteiger partial charge >= 0.3 is 179 Å². The number of rotatable bonds is 2. The molecule has 2 aromatic rings. The zero-order valence-electron chi connectivity index (χ0n) is 18.9. The number of fused-ring (bicyclic) bond motifs is 3. The molecule has 0 aromatic heterocycles. The number of hydrogen-bond donors (Lipinski definition) is 0. The minimum absolute atomic E-state index is 0. The van der Waals surface area contributed by atoms with E-state index in [1.165, 1.54) is 16.7 Å². The molecule has 0 fully saturated rings. The second kappa shape index (κ2) is 9.40. The molecule has 0 N–H and O–H groups in total. The number of allylic oxidation sites excluding steroid dienone is 4. The van der Waals surface area contributed by atoms with Crippen LogP contribution in [-0.4, -0.2) is 3.21 Å². The molecule has 0 bridgehead atoms. The maximum atomic E-state index is 2.48. The standard InChI is InChI=1S/C13H9.C9H18.C5H5.2ClH.Zr/c1-3-7-12-10(5-1)9-11-6-2-4-8-13(11)12;1-8(2,3)7-9(4,5)6;1-2-4-5-3-1;;;/h1-5,7-8H,9H2;1-6H3;1-3H,4H2;2*1H;/q;;;;;+2/p-2. The molecular formula is C27H32Cl2Zr. The Labute approximate surface area is 202 Å². The predicted molar refractivity (Wildman–Crippen MR) is 120 cm³/mol. The molecule has 0 saturated heterocycles. The van der Waals surface area contributed by atoms with Gasteiger partial charge in [-0.1, -0.05) is 0 Å². The van der Waals surface area contributed by atoms with E-state index in [-0.39, 0.29) is 35.6 Å². The maximum absolute atomic E-state index is 2.48. The summed E-state index contributed by atoms with van der Waals surface area (Å²) in [6.07, 6.45) is 9.36. The van der Waals surface area contributed by atoms with Crippen molar-refractivity contribution >= 4 is 6.48 Å². The van der Waals surface area contributed by atoms with Gasteiger partial charge in [0.25, 0.3) is 0 Å². The maximum Gasteiger partial charge on any atom is -1.00 e. The second-order valence-corrected chi connectivity index (χ2v) is 16.2. The third kappa shape index (κ3) is 4.69. The summed E-state index contributed by atoms with van der Waals surface area (Å²) < 4.78 is 5.29. The summed E-state index contributed by atoms with van der Waals surface area (Å²) in [4.78, 5) is 0. The summed E-state index contributed by atoms with van der Waals surface area (Å²) in [7, 11) is 0. The van der Waals surface area contributed by atoms with Crippen molar-refractivity contribution in [3.8, 4) is 11.1 Å². The molecule has 4 rings (SSSR count). The van der Waals surface area contributed by atoms with E-state index in [0.717, 1.165) is 12.8 Å². The van der Waals surface area contributed by atoms with Crippen molar-refractivity contribution in [3.05, 3.63) is 75.1 Å². The topological polar surface area (TPSA) is 0 Å². The van der Waals surface area contributed by atoms with Crippen LogP contribution in [0.25, 0.3) is 11.1 Å². The Morgan fingerprint density at radius 3 is 2.03 bits per heavy atom. The van der Waals surface area contributed by atoms with Crippen LogP contribution in [0.2, 0.25) is 0 Å². The first-order valence-electron chi connectivity index (χ1n) is 10.5. The summed E-state index contributed by atoms with van der Waals surface area (Å²) in [6.45, 7) is 14.6. The zero-order chi connectivity index (χ0) is 20.1. The van der Waals surface area contributed by atoms with Gasteiger partial charge in [0.2, 0.25) is 0 Å². The fourth-order valence-electron chi connectivity index (χ4n) is 5.37. The predicted octanol–water partition coefficient (Wildman–Crippen LogP) is 0.618. The molecular weight excluding hydrogens is 486 g/mol. The van der Waals surface area contributed by atoms with E-state index in [1.807, 2.05) is 3.21 Å². The number of halogens is 2. The molecule has 2 aliphatic carbocycles. The first-order chi connectivity index (χ1) is 13.2. The number of benzene rings is 2. The monoisotopic (exact) mass is 516 g/mol. The van der Waals surface area contributed by atoms with Gasteiger partial charge in [0.05, 0.1) is 0 Å². The average molecular weight is 519 g/mol. The Balaban J connectivity index is 0.00000160. The van der Waals surface area contributed by atoms with Gasteiger partial charge in [-0.05, 0) is 0 Å². The van der Waals surface area contributed by atoms with Crippen molar-refractivity contribution in [1.29, 1.82) is 0 Å². The van der Waals surface area contributed by atoms with E-state index in [4.69, 9.17) is 0 Å². The van der Waals surface area contributed by atoms with Gasteiger partial charge in [0.1, 0.15) is 0 Å². The Bertz CT molecular complexity index is 1010. The van der Waals surface area contributed by atoms with Crippen molar-refractivity contribution in [2.75, 3.05) is 0 Å². The molecule has 0 saturated carbocycles. The van der Waals surface area contributed by atoms with Crippen LogP contribution in [0.5, 0.6) is 0 Å². The van der Waals surface area contributed by atoms with Crippen LogP contribution in [0.1, 0.15) is 59.1 Å². The van der Waals surface area contributed by atoms with Gasteiger partial charge in [-0.2, -0.15) is 0 Å². The minimum Gasteiger partial charge on any atom is -1.00 e. The van der Waals surface area contributed by atoms with Crippen LogP contribution in [0.3, 0.4) is 0 Å². The molecule has 0 nitrogen and oxygen atoms in total.